The number of alkyl halides is 2. The van der Waals surface area contributed by atoms with Gasteiger partial charge in [0.15, 0.2) is 5.79 Å². The van der Waals surface area contributed by atoms with Crippen molar-refractivity contribution in [2.45, 2.75) is 31.2 Å². The van der Waals surface area contributed by atoms with E-state index in [0.29, 0.717) is 6.42 Å². The fourth-order valence-electron chi connectivity index (χ4n) is 0.949. The Hall–Kier alpha value is -0.180. The molecular formula is C5H9F2N. The van der Waals surface area contributed by atoms with Crippen LogP contribution in [0.5, 0.6) is 0 Å². The lowest BCUT2D eigenvalue weighted by Gasteiger charge is -2.13. The van der Waals surface area contributed by atoms with E-state index < -0.39 is 12.0 Å². The molecule has 1 saturated carbocycles. The molecule has 0 aromatic rings. The Morgan fingerprint density at radius 1 is 1.62 bits per heavy atom. The van der Waals surface area contributed by atoms with E-state index in [4.69, 9.17) is 5.73 Å². The molecule has 0 heterocycles. The highest BCUT2D eigenvalue weighted by Gasteiger charge is 2.39. The van der Waals surface area contributed by atoms with Crippen LogP contribution in [0.1, 0.15) is 19.3 Å². The van der Waals surface area contributed by atoms with Gasteiger partial charge in [-0.05, 0) is 19.3 Å². The Morgan fingerprint density at radius 2 is 2.25 bits per heavy atom. The molecule has 0 aromatic heterocycles. The molecule has 1 aliphatic carbocycles. The topological polar surface area (TPSA) is 26.0 Å². The van der Waals surface area contributed by atoms with Crippen molar-refractivity contribution in [3.8, 4) is 0 Å². The SMILES string of the molecule is NC1(F)CCCC1F. The lowest BCUT2D eigenvalue weighted by molar-refractivity contribution is 0.0843. The maximum absolute atomic E-state index is 12.4. The zero-order valence-electron chi connectivity index (χ0n) is 4.53. The highest BCUT2D eigenvalue weighted by atomic mass is 19.2. The number of hydrogen-bond acceptors (Lipinski definition) is 1. The Labute approximate surface area is 46.9 Å². The van der Waals surface area contributed by atoms with Gasteiger partial charge >= 0.3 is 0 Å². The summed E-state index contributed by atoms with van der Waals surface area (Å²) in [6.45, 7) is 0. The molecule has 1 aliphatic rings. The third-order valence-corrected chi connectivity index (χ3v) is 1.54. The number of nitrogens with two attached hydrogens (primary N) is 1. The van der Waals surface area contributed by atoms with Gasteiger partial charge in [0.1, 0.15) is 6.17 Å². The largest absolute Gasteiger partial charge is 0.297 e. The van der Waals surface area contributed by atoms with E-state index in [1.54, 1.807) is 0 Å². The van der Waals surface area contributed by atoms with Crippen molar-refractivity contribution in [2.24, 2.45) is 5.73 Å². The smallest absolute Gasteiger partial charge is 0.190 e. The van der Waals surface area contributed by atoms with E-state index in [-0.39, 0.29) is 12.8 Å². The van der Waals surface area contributed by atoms with Crippen molar-refractivity contribution >= 4 is 0 Å². The van der Waals surface area contributed by atoms with Crippen LogP contribution in [0.15, 0.2) is 0 Å². The van der Waals surface area contributed by atoms with Crippen LogP contribution in [0.25, 0.3) is 0 Å². The van der Waals surface area contributed by atoms with Gasteiger partial charge in [-0.15, -0.1) is 0 Å². The summed E-state index contributed by atoms with van der Waals surface area (Å²) in [4.78, 5) is 0. The molecule has 1 rings (SSSR count). The fraction of sp³-hybridized carbons (Fsp3) is 1.00. The standard InChI is InChI=1S/C5H9F2N/c6-4-2-1-3-5(4,7)8/h4H,1-3,8H2. The van der Waals surface area contributed by atoms with Crippen molar-refractivity contribution in [1.29, 1.82) is 0 Å². The molecule has 2 unspecified atom stereocenters. The van der Waals surface area contributed by atoms with Gasteiger partial charge < -0.3 is 0 Å². The maximum atomic E-state index is 12.4. The highest BCUT2D eigenvalue weighted by Crippen LogP contribution is 2.30. The van der Waals surface area contributed by atoms with E-state index in [9.17, 15) is 8.78 Å². The van der Waals surface area contributed by atoms with Crippen LogP contribution >= 0.6 is 0 Å². The number of rotatable bonds is 0. The van der Waals surface area contributed by atoms with Gasteiger partial charge in [-0.1, -0.05) is 0 Å². The van der Waals surface area contributed by atoms with Crippen LogP contribution in [0.3, 0.4) is 0 Å². The van der Waals surface area contributed by atoms with E-state index in [2.05, 4.69) is 0 Å². The zero-order chi connectivity index (χ0) is 6.20. The molecule has 1 fully saturated rings. The minimum Gasteiger partial charge on any atom is -0.297 e. The minimum absolute atomic E-state index is 0.175. The molecule has 0 bridgehead atoms. The van der Waals surface area contributed by atoms with Gasteiger partial charge in [0.25, 0.3) is 0 Å². The van der Waals surface area contributed by atoms with Crippen LogP contribution in [-0.4, -0.2) is 12.0 Å². The second-order valence-electron chi connectivity index (χ2n) is 2.29. The van der Waals surface area contributed by atoms with Gasteiger partial charge in [-0.3, -0.25) is 5.73 Å². The monoisotopic (exact) mass is 121 g/mol. The Bertz CT molecular complexity index is 92.4. The normalized spacial score (nSPS) is 47.6. The summed E-state index contributed by atoms with van der Waals surface area (Å²) in [5.74, 6) is -2.01. The zero-order valence-corrected chi connectivity index (χ0v) is 4.53. The molecule has 2 atom stereocenters. The van der Waals surface area contributed by atoms with E-state index in [1.807, 2.05) is 0 Å². The molecule has 0 radical (unpaired) electrons. The van der Waals surface area contributed by atoms with Gasteiger partial charge in [0.05, 0.1) is 0 Å². The summed E-state index contributed by atoms with van der Waals surface area (Å²) in [6.07, 6.45) is -0.391. The third kappa shape index (κ3) is 0.823. The van der Waals surface area contributed by atoms with Crippen molar-refractivity contribution in [2.75, 3.05) is 0 Å². The molecule has 0 spiro atoms. The average molecular weight is 121 g/mol. The minimum atomic E-state index is -2.01. The first kappa shape index (κ1) is 5.95. The molecule has 0 amide bonds. The summed E-state index contributed by atoms with van der Waals surface area (Å²) in [5.41, 5.74) is 4.88. The molecule has 48 valence electrons. The molecular weight excluding hydrogens is 112 g/mol. The van der Waals surface area contributed by atoms with E-state index in [1.165, 1.54) is 0 Å². The van der Waals surface area contributed by atoms with Crippen LogP contribution in [-0.2, 0) is 0 Å². The number of hydrogen-bond donors (Lipinski definition) is 1. The van der Waals surface area contributed by atoms with Gasteiger partial charge in [0, 0.05) is 0 Å². The van der Waals surface area contributed by atoms with E-state index >= 15 is 0 Å². The van der Waals surface area contributed by atoms with Crippen molar-refractivity contribution in [1.82, 2.24) is 0 Å². The van der Waals surface area contributed by atoms with Crippen molar-refractivity contribution in [3.05, 3.63) is 0 Å². The predicted octanol–water partition coefficient (Wildman–Crippen LogP) is 1.13. The van der Waals surface area contributed by atoms with Crippen LogP contribution < -0.4 is 5.73 Å². The Balaban J connectivity index is 2.54. The molecule has 1 nitrogen and oxygen atoms in total. The quantitative estimate of drug-likeness (QED) is 0.478. The summed E-state index contributed by atoms with van der Waals surface area (Å²) in [7, 11) is 0. The first-order valence-corrected chi connectivity index (χ1v) is 2.75. The summed E-state index contributed by atoms with van der Waals surface area (Å²) >= 11 is 0. The Morgan fingerprint density at radius 3 is 2.38 bits per heavy atom. The maximum Gasteiger partial charge on any atom is 0.190 e. The lowest BCUT2D eigenvalue weighted by atomic mass is 10.2. The highest BCUT2D eigenvalue weighted by molar-refractivity contribution is 4.87. The summed E-state index contributed by atoms with van der Waals surface area (Å²) in [6, 6.07) is 0. The van der Waals surface area contributed by atoms with E-state index in [0.717, 1.165) is 0 Å². The van der Waals surface area contributed by atoms with Gasteiger partial charge in [-0.25, -0.2) is 8.78 Å². The van der Waals surface area contributed by atoms with Gasteiger partial charge in [-0.2, -0.15) is 0 Å². The summed E-state index contributed by atoms with van der Waals surface area (Å²) in [5, 5.41) is 0. The first-order chi connectivity index (χ1) is 3.63. The molecule has 8 heavy (non-hydrogen) atoms. The molecule has 0 aromatic carbocycles. The van der Waals surface area contributed by atoms with Gasteiger partial charge in [0.2, 0.25) is 0 Å². The molecule has 3 heteroatoms. The van der Waals surface area contributed by atoms with Crippen LogP contribution in [0.4, 0.5) is 8.78 Å². The van der Waals surface area contributed by atoms with Crippen molar-refractivity contribution in [3.63, 3.8) is 0 Å². The van der Waals surface area contributed by atoms with Crippen LogP contribution in [0, 0.1) is 0 Å². The number of halogens is 2. The third-order valence-electron chi connectivity index (χ3n) is 1.54. The van der Waals surface area contributed by atoms with Crippen molar-refractivity contribution < 1.29 is 8.78 Å². The predicted molar refractivity (Wildman–Crippen MR) is 26.8 cm³/mol. The average Bonchev–Trinajstić information content (AvgIpc) is 1.86. The Kier molecular flexibility index (Phi) is 1.23. The molecule has 2 N–H and O–H groups in total. The molecule has 0 aliphatic heterocycles. The fourth-order valence-corrected chi connectivity index (χ4v) is 0.949. The lowest BCUT2D eigenvalue weighted by Crippen LogP contribution is -2.39. The second-order valence-corrected chi connectivity index (χ2v) is 2.29. The first-order valence-electron chi connectivity index (χ1n) is 2.75. The summed E-state index contributed by atoms with van der Waals surface area (Å²) < 4.78 is 24.6. The second kappa shape index (κ2) is 1.65. The molecule has 0 saturated heterocycles. The van der Waals surface area contributed by atoms with Crippen LogP contribution in [0.2, 0.25) is 0 Å².